The molecule has 0 spiro atoms. The molecule has 0 fully saturated rings. The van der Waals surface area contributed by atoms with E-state index in [1.807, 2.05) is 31.2 Å². The first-order valence-corrected chi connectivity index (χ1v) is 8.45. The molecule has 23 heavy (non-hydrogen) atoms. The van der Waals surface area contributed by atoms with Crippen molar-refractivity contribution in [2.24, 2.45) is 5.92 Å². The average molecular weight is 312 g/mol. The third kappa shape index (κ3) is 4.01. The predicted molar refractivity (Wildman–Crippen MR) is 95.3 cm³/mol. The fraction of sp³-hybridized carbons (Fsp3) is 0.429. The fourth-order valence-electron chi connectivity index (χ4n) is 3.45. The first-order chi connectivity index (χ1) is 11.0. The molecule has 0 aromatic heterocycles. The Hall–Kier alpha value is -1.64. The van der Waals surface area contributed by atoms with Crippen LogP contribution >= 0.6 is 0 Å². The van der Waals surface area contributed by atoms with Gasteiger partial charge in [0.2, 0.25) is 0 Å². The molecule has 3 atom stereocenters. The van der Waals surface area contributed by atoms with Crippen molar-refractivity contribution in [3.63, 3.8) is 0 Å². The Balaban J connectivity index is 2.38. The molecule has 0 aliphatic heterocycles. The molecule has 0 saturated carbocycles. The molecule has 0 radical (unpaired) electrons. The Morgan fingerprint density at radius 2 is 1.43 bits per heavy atom. The van der Waals surface area contributed by atoms with Crippen molar-refractivity contribution in [1.29, 1.82) is 0 Å². The van der Waals surface area contributed by atoms with Crippen LogP contribution in [-0.4, -0.2) is 16.5 Å². The van der Waals surface area contributed by atoms with Gasteiger partial charge in [0.05, 0.1) is 0 Å². The molecule has 0 amide bonds. The van der Waals surface area contributed by atoms with Crippen molar-refractivity contribution in [1.82, 2.24) is 0 Å². The highest BCUT2D eigenvalue weighted by atomic mass is 16.5. The summed E-state index contributed by atoms with van der Waals surface area (Å²) in [6.07, 6.45) is 0.588. The number of benzene rings is 2. The summed E-state index contributed by atoms with van der Waals surface area (Å²) in [5.74, 6) is 0.144. The maximum absolute atomic E-state index is 9.83. The summed E-state index contributed by atoms with van der Waals surface area (Å²) < 4.78 is 0. The van der Waals surface area contributed by atoms with Crippen LogP contribution in [0.1, 0.15) is 50.7 Å². The summed E-state index contributed by atoms with van der Waals surface area (Å²) in [7, 11) is 0. The van der Waals surface area contributed by atoms with Crippen LogP contribution in [0.5, 0.6) is 0 Å². The molecule has 2 heteroatoms. The zero-order valence-corrected chi connectivity index (χ0v) is 14.3. The molecule has 0 heterocycles. The van der Waals surface area contributed by atoms with Crippen molar-refractivity contribution in [2.45, 2.75) is 51.2 Å². The first kappa shape index (κ1) is 17.7. The van der Waals surface area contributed by atoms with Crippen molar-refractivity contribution < 1.29 is 10.2 Å². The number of hydrogen-bond acceptors (Lipinski definition) is 2. The van der Waals surface area contributed by atoms with Gasteiger partial charge in [0.15, 0.2) is 6.29 Å². The van der Waals surface area contributed by atoms with Gasteiger partial charge < -0.3 is 10.2 Å². The van der Waals surface area contributed by atoms with E-state index in [4.69, 9.17) is 0 Å². The molecule has 124 valence electrons. The Bertz CT molecular complexity index is 579. The first-order valence-electron chi connectivity index (χ1n) is 8.45. The molecule has 2 rings (SSSR count). The highest BCUT2D eigenvalue weighted by Crippen LogP contribution is 2.42. The summed E-state index contributed by atoms with van der Waals surface area (Å²) >= 11 is 0. The Kier molecular flexibility index (Phi) is 5.97. The van der Waals surface area contributed by atoms with Crippen LogP contribution in [0, 0.1) is 5.92 Å². The van der Waals surface area contributed by atoms with E-state index in [9.17, 15) is 10.2 Å². The predicted octanol–water partition coefficient (Wildman–Crippen LogP) is 4.48. The van der Waals surface area contributed by atoms with Gasteiger partial charge in [-0.3, -0.25) is 0 Å². The van der Waals surface area contributed by atoms with Gasteiger partial charge in [-0.15, -0.1) is 0 Å². The second-order valence-electron chi connectivity index (χ2n) is 6.71. The molecule has 2 N–H and O–H groups in total. The van der Waals surface area contributed by atoms with Crippen molar-refractivity contribution in [3.8, 4) is 0 Å². The van der Waals surface area contributed by atoms with E-state index in [1.165, 1.54) is 5.56 Å². The second kappa shape index (κ2) is 7.76. The number of aliphatic hydroxyl groups excluding tert-OH is 1. The van der Waals surface area contributed by atoms with E-state index in [0.29, 0.717) is 5.92 Å². The Morgan fingerprint density at radius 3 is 1.91 bits per heavy atom. The Labute approximate surface area is 139 Å². The van der Waals surface area contributed by atoms with Gasteiger partial charge in [0, 0.05) is 11.3 Å². The average Bonchev–Trinajstić information content (AvgIpc) is 2.60. The van der Waals surface area contributed by atoms with Gasteiger partial charge in [-0.05, 0) is 29.9 Å². The molecule has 2 nitrogen and oxygen atoms in total. The largest absolute Gasteiger partial charge is 0.368 e. The monoisotopic (exact) mass is 312 g/mol. The molecule has 0 bridgehead atoms. The molecule has 0 saturated heterocycles. The molecule has 0 aliphatic carbocycles. The van der Waals surface area contributed by atoms with Crippen molar-refractivity contribution in [3.05, 3.63) is 71.8 Å². The maximum Gasteiger partial charge on any atom is 0.154 e. The fourth-order valence-corrected chi connectivity index (χ4v) is 3.45. The van der Waals surface area contributed by atoms with E-state index in [2.05, 4.69) is 50.2 Å². The summed E-state index contributed by atoms with van der Waals surface area (Å²) in [5, 5.41) is 19.7. The summed E-state index contributed by atoms with van der Waals surface area (Å²) in [5.41, 5.74) is 2.18. The molecular weight excluding hydrogens is 284 g/mol. The minimum atomic E-state index is -1.33. The maximum atomic E-state index is 9.83. The molecule has 0 aliphatic rings. The van der Waals surface area contributed by atoms with Crippen LogP contribution in [0.2, 0.25) is 0 Å². The normalized spacial score (nSPS) is 16.8. The van der Waals surface area contributed by atoms with E-state index in [-0.39, 0.29) is 11.3 Å². The quantitative estimate of drug-likeness (QED) is 0.740. The van der Waals surface area contributed by atoms with E-state index in [0.717, 1.165) is 18.4 Å². The molecule has 2 aromatic rings. The third-order valence-electron chi connectivity index (χ3n) is 5.32. The lowest BCUT2D eigenvalue weighted by Gasteiger charge is -2.40. The highest BCUT2D eigenvalue weighted by molar-refractivity contribution is 5.28. The topological polar surface area (TPSA) is 40.5 Å². The number of hydrogen-bond donors (Lipinski definition) is 2. The lowest BCUT2D eigenvalue weighted by molar-refractivity contribution is -0.101. The molecule has 2 aromatic carbocycles. The van der Waals surface area contributed by atoms with E-state index in [1.54, 1.807) is 0 Å². The van der Waals surface area contributed by atoms with Gasteiger partial charge in [0.1, 0.15) is 0 Å². The van der Waals surface area contributed by atoms with Crippen LogP contribution in [0.25, 0.3) is 0 Å². The number of rotatable bonds is 7. The SMILES string of the molecule is CCC(CC(C)(c1ccccc1)C(C)C(O)O)c1ccccc1. The molecule has 3 unspecified atom stereocenters. The Morgan fingerprint density at radius 1 is 0.913 bits per heavy atom. The number of aliphatic hydroxyl groups is 2. The zero-order valence-electron chi connectivity index (χ0n) is 14.3. The van der Waals surface area contributed by atoms with Crippen LogP contribution in [0.4, 0.5) is 0 Å². The van der Waals surface area contributed by atoms with Crippen molar-refractivity contribution >= 4 is 0 Å². The summed E-state index contributed by atoms with van der Waals surface area (Å²) in [6, 6.07) is 20.7. The van der Waals surface area contributed by atoms with Gasteiger partial charge >= 0.3 is 0 Å². The van der Waals surface area contributed by atoms with Gasteiger partial charge in [-0.1, -0.05) is 81.4 Å². The lowest BCUT2D eigenvalue weighted by atomic mass is 9.66. The van der Waals surface area contributed by atoms with Gasteiger partial charge in [-0.25, -0.2) is 0 Å². The zero-order chi connectivity index (χ0) is 16.9. The van der Waals surface area contributed by atoms with Crippen LogP contribution in [0.3, 0.4) is 0 Å². The van der Waals surface area contributed by atoms with Crippen molar-refractivity contribution in [2.75, 3.05) is 0 Å². The standard InChI is InChI=1S/C21H28O2/c1-4-17(18-11-7-5-8-12-18)15-21(3,16(2)20(22)23)19-13-9-6-10-14-19/h5-14,16-17,20,22-23H,4,15H2,1-3H3. The smallest absolute Gasteiger partial charge is 0.154 e. The van der Waals surface area contributed by atoms with Crippen LogP contribution < -0.4 is 0 Å². The minimum absolute atomic E-state index is 0.248. The minimum Gasteiger partial charge on any atom is -0.368 e. The third-order valence-corrected chi connectivity index (χ3v) is 5.32. The lowest BCUT2D eigenvalue weighted by Crippen LogP contribution is -2.39. The highest BCUT2D eigenvalue weighted by Gasteiger charge is 2.38. The summed E-state index contributed by atoms with van der Waals surface area (Å²) in [4.78, 5) is 0. The van der Waals surface area contributed by atoms with Gasteiger partial charge in [0.25, 0.3) is 0 Å². The van der Waals surface area contributed by atoms with Crippen LogP contribution in [-0.2, 0) is 5.41 Å². The van der Waals surface area contributed by atoms with E-state index >= 15 is 0 Å². The van der Waals surface area contributed by atoms with Crippen LogP contribution in [0.15, 0.2) is 60.7 Å². The molecular formula is C21H28O2. The second-order valence-corrected chi connectivity index (χ2v) is 6.71. The van der Waals surface area contributed by atoms with E-state index < -0.39 is 6.29 Å². The van der Waals surface area contributed by atoms with Gasteiger partial charge in [-0.2, -0.15) is 0 Å². The summed E-state index contributed by atoms with van der Waals surface area (Å²) in [6.45, 7) is 6.27.